The van der Waals surface area contributed by atoms with Crippen LogP contribution in [0.4, 0.5) is 0 Å². The van der Waals surface area contributed by atoms with Crippen LogP contribution in [0, 0.1) is 0 Å². The van der Waals surface area contributed by atoms with Crippen molar-refractivity contribution in [2.75, 3.05) is 20.8 Å². The van der Waals surface area contributed by atoms with Gasteiger partial charge >= 0.3 is 0 Å². The van der Waals surface area contributed by atoms with Crippen LogP contribution in [0.15, 0.2) is 46.9 Å². The molecule has 3 rings (SSSR count). The first-order valence-corrected chi connectivity index (χ1v) is 9.88. The summed E-state index contributed by atoms with van der Waals surface area (Å²) in [7, 11) is 3.18. The fraction of sp³-hybridized carbons (Fsp3) is 0.333. The Bertz CT molecular complexity index is 854. The molecule has 1 aliphatic heterocycles. The number of methoxy groups -OCH3 is 2. The molecule has 148 valence electrons. The van der Waals surface area contributed by atoms with Gasteiger partial charge in [0.15, 0.2) is 0 Å². The maximum Gasteiger partial charge on any atom is 0.254 e. The summed E-state index contributed by atoms with van der Waals surface area (Å²) < 4.78 is 11.5. The number of carbonyl (C=O) groups excluding carboxylic acids is 2. The van der Waals surface area contributed by atoms with E-state index in [2.05, 4.69) is 21.2 Å². The van der Waals surface area contributed by atoms with Crippen molar-refractivity contribution in [3.05, 3.63) is 58.1 Å². The topological polar surface area (TPSA) is 67.9 Å². The number of halogens is 1. The molecular formula is C21H23BrN2O4. The number of benzene rings is 2. The second-order valence-corrected chi connectivity index (χ2v) is 7.47. The first kappa shape index (κ1) is 20.2. The summed E-state index contributed by atoms with van der Waals surface area (Å²) in [6.45, 7) is 0.880. The van der Waals surface area contributed by atoms with Gasteiger partial charge in [-0.2, -0.15) is 0 Å². The van der Waals surface area contributed by atoms with Crippen molar-refractivity contribution in [1.29, 1.82) is 0 Å². The summed E-state index contributed by atoms with van der Waals surface area (Å²) in [6.07, 6.45) is 1.46. The molecular weight excluding hydrogens is 424 g/mol. The number of hydrogen-bond donors (Lipinski definition) is 1. The third-order valence-corrected chi connectivity index (χ3v) is 5.38. The molecule has 7 heteroatoms. The fourth-order valence-electron chi connectivity index (χ4n) is 3.36. The minimum atomic E-state index is -0.465. The summed E-state index contributed by atoms with van der Waals surface area (Å²) in [5, 5.41) is 2.94. The van der Waals surface area contributed by atoms with Crippen molar-refractivity contribution in [2.24, 2.45) is 0 Å². The van der Waals surface area contributed by atoms with E-state index in [1.54, 1.807) is 43.4 Å². The zero-order valence-electron chi connectivity index (χ0n) is 15.9. The summed E-state index contributed by atoms with van der Waals surface area (Å²) >= 11 is 3.37. The van der Waals surface area contributed by atoms with Crippen LogP contribution in [0.25, 0.3) is 0 Å². The predicted octanol–water partition coefficient (Wildman–Crippen LogP) is 3.39. The Morgan fingerprint density at radius 3 is 2.57 bits per heavy atom. The average molecular weight is 447 g/mol. The number of ether oxygens (including phenoxy) is 2. The third kappa shape index (κ3) is 4.47. The lowest BCUT2D eigenvalue weighted by Crippen LogP contribution is -2.45. The van der Waals surface area contributed by atoms with Crippen molar-refractivity contribution < 1.29 is 19.1 Å². The molecule has 0 aliphatic carbocycles. The largest absolute Gasteiger partial charge is 0.497 e. The van der Waals surface area contributed by atoms with E-state index >= 15 is 0 Å². The monoisotopic (exact) mass is 446 g/mol. The maximum absolute atomic E-state index is 12.8. The van der Waals surface area contributed by atoms with Gasteiger partial charge in [0.1, 0.15) is 17.5 Å². The van der Waals surface area contributed by atoms with Crippen LogP contribution in [0.5, 0.6) is 11.5 Å². The number of amides is 2. The lowest BCUT2D eigenvalue weighted by molar-refractivity contribution is -0.125. The van der Waals surface area contributed by atoms with Crippen LogP contribution in [-0.4, -0.2) is 43.5 Å². The van der Waals surface area contributed by atoms with E-state index in [1.165, 1.54) is 0 Å². The van der Waals surface area contributed by atoms with Crippen LogP contribution < -0.4 is 14.8 Å². The van der Waals surface area contributed by atoms with Gasteiger partial charge in [0, 0.05) is 28.7 Å². The zero-order valence-corrected chi connectivity index (χ0v) is 17.5. The predicted molar refractivity (Wildman–Crippen MR) is 110 cm³/mol. The molecule has 1 saturated heterocycles. The van der Waals surface area contributed by atoms with Gasteiger partial charge in [-0.15, -0.1) is 0 Å². The van der Waals surface area contributed by atoms with Crippen molar-refractivity contribution in [3.63, 3.8) is 0 Å². The Morgan fingerprint density at radius 2 is 1.89 bits per heavy atom. The Labute approximate surface area is 172 Å². The van der Waals surface area contributed by atoms with Crippen molar-refractivity contribution in [1.82, 2.24) is 10.2 Å². The first-order valence-electron chi connectivity index (χ1n) is 9.08. The number of carbonyl (C=O) groups is 2. The SMILES string of the molecule is COc1ccc(OC)c(CNC(=O)C2CCCN2C(=O)c2ccc(Br)cc2)c1. The summed E-state index contributed by atoms with van der Waals surface area (Å²) in [5.41, 5.74) is 1.40. The molecule has 1 aliphatic rings. The van der Waals surface area contributed by atoms with E-state index in [-0.39, 0.29) is 11.8 Å². The van der Waals surface area contributed by atoms with Gasteiger partial charge in [-0.1, -0.05) is 15.9 Å². The van der Waals surface area contributed by atoms with Gasteiger partial charge in [-0.3, -0.25) is 9.59 Å². The lowest BCUT2D eigenvalue weighted by Gasteiger charge is -2.24. The highest BCUT2D eigenvalue weighted by Gasteiger charge is 2.34. The lowest BCUT2D eigenvalue weighted by atomic mass is 10.1. The quantitative estimate of drug-likeness (QED) is 0.738. The minimum absolute atomic E-state index is 0.121. The average Bonchev–Trinajstić information content (AvgIpc) is 3.21. The van der Waals surface area contributed by atoms with Crippen LogP contribution in [0.1, 0.15) is 28.8 Å². The van der Waals surface area contributed by atoms with Crippen molar-refractivity contribution >= 4 is 27.7 Å². The van der Waals surface area contributed by atoms with Gasteiger partial charge in [0.2, 0.25) is 5.91 Å². The van der Waals surface area contributed by atoms with Crippen molar-refractivity contribution in [2.45, 2.75) is 25.4 Å². The highest BCUT2D eigenvalue weighted by atomic mass is 79.9. The second-order valence-electron chi connectivity index (χ2n) is 6.56. The van der Waals surface area contributed by atoms with Crippen LogP contribution in [0.2, 0.25) is 0 Å². The Morgan fingerprint density at radius 1 is 1.14 bits per heavy atom. The number of hydrogen-bond acceptors (Lipinski definition) is 4. The smallest absolute Gasteiger partial charge is 0.254 e. The van der Waals surface area contributed by atoms with E-state index in [0.29, 0.717) is 36.6 Å². The third-order valence-electron chi connectivity index (χ3n) is 4.85. The van der Waals surface area contributed by atoms with Crippen LogP contribution in [0.3, 0.4) is 0 Å². The fourth-order valence-corrected chi connectivity index (χ4v) is 3.63. The Hall–Kier alpha value is -2.54. The molecule has 0 saturated carbocycles. The molecule has 6 nitrogen and oxygen atoms in total. The minimum Gasteiger partial charge on any atom is -0.497 e. The summed E-state index contributed by atoms with van der Waals surface area (Å²) in [4.78, 5) is 27.3. The summed E-state index contributed by atoms with van der Waals surface area (Å²) in [6, 6.07) is 12.2. The standard InChI is InChI=1S/C21H23BrN2O4/c1-27-17-9-10-19(28-2)15(12-17)13-23-20(25)18-4-3-11-24(18)21(26)14-5-7-16(22)8-6-14/h5-10,12,18H,3-4,11,13H2,1-2H3,(H,23,25). The van der Waals surface area contributed by atoms with Crippen molar-refractivity contribution in [3.8, 4) is 11.5 Å². The highest BCUT2D eigenvalue weighted by molar-refractivity contribution is 9.10. The van der Waals surface area contributed by atoms with E-state index < -0.39 is 6.04 Å². The normalized spacial score (nSPS) is 16.0. The van der Waals surface area contributed by atoms with Gasteiger partial charge in [-0.25, -0.2) is 0 Å². The Balaban J connectivity index is 1.68. The molecule has 0 spiro atoms. The van der Waals surface area contributed by atoms with E-state index in [4.69, 9.17) is 9.47 Å². The molecule has 2 aromatic rings. The van der Waals surface area contributed by atoms with Gasteiger partial charge < -0.3 is 19.7 Å². The molecule has 0 aromatic heterocycles. The number of nitrogens with one attached hydrogen (secondary N) is 1. The van der Waals surface area contributed by atoms with E-state index in [0.717, 1.165) is 16.5 Å². The molecule has 1 N–H and O–H groups in total. The van der Waals surface area contributed by atoms with Crippen LogP contribution in [-0.2, 0) is 11.3 Å². The number of rotatable bonds is 6. The maximum atomic E-state index is 12.8. The van der Waals surface area contributed by atoms with E-state index in [1.807, 2.05) is 18.2 Å². The van der Waals surface area contributed by atoms with Crippen LogP contribution >= 0.6 is 15.9 Å². The number of nitrogens with zero attached hydrogens (tertiary/aromatic N) is 1. The molecule has 1 unspecified atom stereocenters. The molecule has 0 bridgehead atoms. The van der Waals surface area contributed by atoms with Gasteiger partial charge in [0.25, 0.3) is 5.91 Å². The molecule has 1 atom stereocenters. The molecule has 2 amide bonds. The van der Waals surface area contributed by atoms with E-state index in [9.17, 15) is 9.59 Å². The molecule has 2 aromatic carbocycles. The Kier molecular flexibility index (Phi) is 6.57. The molecule has 0 radical (unpaired) electrons. The molecule has 28 heavy (non-hydrogen) atoms. The number of likely N-dealkylation sites (tertiary alicyclic amines) is 1. The second kappa shape index (κ2) is 9.10. The summed E-state index contributed by atoms with van der Waals surface area (Å²) in [5.74, 6) is 1.09. The first-order chi connectivity index (χ1) is 13.5. The highest BCUT2D eigenvalue weighted by Crippen LogP contribution is 2.25. The molecule has 1 fully saturated rings. The van der Waals surface area contributed by atoms with Gasteiger partial charge in [0.05, 0.1) is 14.2 Å². The molecule has 1 heterocycles. The zero-order chi connectivity index (χ0) is 20.1. The van der Waals surface area contributed by atoms with Gasteiger partial charge in [-0.05, 0) is 55.3 Å².